The van der Waals surface area contributed by atoms with E-state index in [2.05, 4.69) is 69.6 Å². The molecule has 3 rings (SSSR count). The lowest BCUT2D eigenvalue weighted by molar-refractivity contribution is 0.600. The SMILES string of the molecule is CCNC(=NCC(C)c1ccccc1)NCCc1nnc2n1CCCCC2.I. The number of hydrogen-bond acceptors (Lipinski definition) is 3. The van der Waals surface area contributed by atoms with Gasteiger partial charge in [-0.2, -0.15) is 0 Å². The summed E-state index contributed by atoms with van der Waals surface area (Å²) in [6.07, 6.45) is 5.67. The number of nitrogens with zero attached hydrogens (tertiary/aromatic N) is 4. The number of aryl methyl sites for hydroxylation is 1. The van der Waals surface area contributed by atoms with E-state index in [1.54, 1.807) is 0 Å². The van der Waals surface area contributed by atoms with E-state index in [0.29, 0.717) is 5.92 Å². The number of rotatable bonds is 7. The fraction of sp³-hybridized carbons (Fsp3) is 0.571. The zero-order valence-electron chi connectivity index (χ0n) is 17.0. The number of halogens is 1. The minimum atomic E-state index is 0. The summed E-state index contributed by atoms with van der Waals surface area (Å²) in [5, 5.41) is 15.6. The number of guanidine groups is 1. The van der Waals surface area contributed by atoms with E-state index >= 15 is 0 Å². The number of aliphatic imine (C=N–C) groups is 1. The largest absolute Gasteiger partial charge is 0.357 e. The van der Waals surface area contributed by atoms with Crippen LogP contribution in [0.5, 0.6) is 0 Å². The van der Waals surface area contributed by atoms with Crippen molar-refractivity contribution in [3.63, 3.8) is 0 Å². The highest BCUT2D eigenvalue weighted by Crippen LogP contribution is 2.15. The average molecular weight is 496 g/mol. The molecule has 7 heteroatoms. The molecule has 2 heterocycles. The van der Waals surface area contributed by atoms with Gasteiger partial charge in [-0.1, -0.05) is 43.7 Å². The van der Waals surface area contributed by atoms with Crippen LogP contribution in [0.25, 0.3) is 0 Å². The van der Waals surface area contributed by atoms with E-state index in [0.717, 1.165) is 56.6 Å². The number of aromatic nitrogens is 3. The lowest BCUT2D eigenvalue weighted by Gasteiger charge is -2.14. The van der Waals surface area contributed by atoms with E-state index in [4.69, 9.17) is 4.99 Å². The molecule has 0 saturated carbocycles. The number of fused-ring (bicyclic) bond motifs is 1. The molecule has 1 aliphatic rings. The second-order valence-corrected chi connectivity index (χ2v) is 7.20. The highest BCUT2D eigenvalue weighted by molar-refractivity contribution is 14.0. The van der Waals surface area contributed by atoms with Crippen molar-refractivity contribution >= 4 is 29.9 Å². The van der Waals surface area contributed by atoms with Crippen molar-refractivity contribution in [2.75, 3.05) is 19.6 Å². The molecule has 0 bridgehead atoms. The van der Waals surface area contributed by atoms with Crippen molar-refractivity contribution in [1.29, 1.82) is 0 Å². The van der Waals surface area contributed by atoms with Gasteiger partial charge < -0.3 is 15.2 Å². The second kappa shape index (κ2) is 12.0. The van der Waals surface area contributed by atoms with Crippen molar-refractivity contribution in [3.05, 3.63) is 47.5 Å². The van der Waals surface area contributed by atoms with Gasteiger partial charge in [0.05, 0.1) is 0 Å². The summed E-state index contributed by atoms with van der Waals surface area (Å²) < 4.78 is 2.32. The number of hydrogen-bond donors (Lipinski definition) is 2. The molecule has 1 aliphatic heterocycles. The molecule has 1 aromatic carbocycles. The molecule has 1 unspecified atom stereocenters. The molecule has 0 amide bonds. The Bertz CT molecular complexity index is 728. The van der Waals surface area contributed by atoms with Crippen LogP contribution in [0.15, 0.2) is 35.3 Å². The van der Waals surface area contributed by atoms with E-state index in [-0.39, 0.29) is 24.0 Å². The highest BCUT2D eigenvalue weighted by Gasteiger charge is 2.14. The zero-order valence-corrected chi connectivity index (χ0v) is 19.4. The molecule has 0 radical (unpaired) electrons. The van der Waals surface area contributed by atoms with Crippen LogP contribution in [0, 0.1) is 0 Å². The zero-order chi connectivity index (χ0) is 18.9. The summed E-state index contributed by atoms with van der Waals surface area (Å²) in [4.78, 5) is 4.76. The maximum absolute atomic E-state index is 4.76. The minimum Gasteiger partial charge on any atom is -0.357 e. The maximum Gasteiger partial charge on any atom is 0.191 e. The highest BCUT2D eigenvalue weighted by atomic mass is 127. The van der Waals surface area contributed by atoms with Crippen LogP contribution < -0.4 is 10.6 Å². The minimum absolute atomic E-state index is 0. The van der Waals surface area contributed by atoms with Crippen LogP contribution in [0.4, 0.5) is 0 Å². The summed E-state index contributed by atoms with van der Waals surface area (Å²) in [7, 11) is 0. The Labute approximate surface area is 185 Å². The molecule has 28 heavy (non-hydrogen) atoms. The average Bonchev–Trinajstić information content (AvgIpc) is 2.93. The quantitative estimate of drug-likeness (QED) is 0.350. The van der Waals surface area contributed by atoms with Crippen molar-refractivity contribution in [2.45, 2.75) is 58.4 Å². The summed E-state index contributed by atoms with van der Waals surface area (Å²) in [6.45, 7) is 7.79. The Hall–Kier alpha value is -1.64. The molecule has 0 fully saturated rings. The Kier molecular flexibility index (Phi) is 9.73. The van der Waals surface area contributed by atoms with Crippen LogP contribution >= 0.6 is 24.0 Å². The van der Waals surface area contributed by atoms with Gasteiger partial charge in [0.2, 0.25) is 0 Å². The third kappa shape index (κ3) is 6.46. The van der Waals surface area contributed by atoms with Crippen molar-refractivity contribution < 1.29 is 0 Å². The smallest absolute Gasteiger partial charge is 0.191 e. The molecular formula is C21H33IN6. The summed E-state index contributed by atoms with van der Waals surface area (Å²) in [6, 6.07) is 10.5. The fourth-order valence-corrected chi connectivity index (χ4v) is 3.48. The van der Waals surface area contributed by atoms with E-state index in [9.17, 15) is 0 Å². The summed E-state index contributed by atoms with van der Waals surface area (Å²) in [5.74, 6) is 3.51. The first kappa shape index (κ1) is 22.6. The Balaban J connectivity index is 0.00000280. The Morgan fingerprint density at radius 1 is 1.14 bits per heavy atom. The van der Waals surface area contributed by atoms with Gasteiger partial charge in [-0.25, -0.2) is 0 Å². The number of benzene rings is 1. The Morgan fingerprint density at radius 2 is 1.96 bits per heavy atom. The first-order chi connectivity index (χ1) is 13.3. The van der Waals surface area contributed by atoms with Gasteiger partial charge in [0.1, 0.15) is 11.6 Å². The molecular weight excluding hydrogens is 463 g/mol. The number of nitrogens with one attached hydrogen (secondary N) is 2. The van der Waals surface area contributed by atoms with Gasteiger partial charge >= 0.3 is 0 Å². The normalized spacial score (nSPS) is 15.1. The molecule has 1 aromatic heterocycles. The molecule has 0 spiro atoms. The van der Waals surface area contributed by atoms with Gasteiger partial charge in [-0.3, -0.25) is 4.99 Å². The fourth-order valence-electron chi connectivity index (χ4n) is 3.48. The van der Waals surface area contributed by atoms with Crippen LogP contribution in [0.3, 0.4) is 0 Å². The topological polar surface area (TPSA) is 67.1 Å². The standard InChI is InChI=1S/C21H32N6.HI/c1-3-22-21(24-16-17(2)18-10-6-4-7-11-18)23-14-13-20-26-25-19-12-8-5-9-15-27(19)20;/h4,6-7,10-11,17H,3,5,8-9,12-16H2,1-2H3,(H2,22,23,24);1H. The first-order valence-corrected chi connectivity index (χ1v) is 10.3. The third-order valence-corrected chi connectivity index (χ3v) is 5.06. The van der Waals surface area contributed by atoms with Gasteiger partial charge in [-0.05, 0) is 25.3 Å². The molecule has 2 N–H and O–H groups in total. The molecule has 0 aliphatic carbocycles. The summed E-state index contributed by atoms with van der Waals surface area (Å²) in [5.41, 5.74) is 1.32. The summed E-state index contributed by atoms with van der Waals surface area (Å²) >= 11 is 0. The van der Waals surface area contributed by atoms with Gasteiger partial charge in [-0.15, -0.1) is 34.2 Å². The molecule has 1 atom stereocenters. The predicted octanol–water partition coefficient (Wildman–Crippen LogP) is 3.52. The van der Waals surface area contributed by atoms with E-state index in [1.807, 2.05) is 0 Å². The van der Waals surface area contributed by atoms with Crippen LogP contribution in [0.2, 0.25) is 0 Å². The first-order valence-electron chi connectivity index (χ1n) is 10.3. The lowest BCUT2D eigenvalue weighted by atomic mass is 10.0. The molecule has 2 aromatic rings. The lowest BCUT2D eigenvalue weighted by Crippen LogP contribution is -2.38. The predicted molar refractivity (Wildman–Crippen MR) is 126 cm³/mol. The molecule has 6 nitrogen and oxygen atoms in total. The van der Waals surface area contributed by atoms with Crippen LogP contribution in [-0.4, -0.2) is 40.4 Å². The third-order valence-electron chi connectivity index (χ3n) is 5.06. The second-order valence-electron chi connectivity index (χ2n) is 7.20. The van der Waals surface area contributed by atoms with Crippen molar-refractivity contribution in [2.24, 2.45) is 4.99 Å². The van der Waals surface area contributed by atoms with E-state index in [1.165, 1.54) is 24.8 Å². The van der Waals surface area contributed by atoms with E-state index < -0.39 is 0 Å². The molecule has 154 valence electrons. The molecule has 0 saturated heterocycles. The van der Waals surface area contributed by atoms with Gasteiger partial charge in [0.25, 0.3) is 0 Å². The van der Waals surface area contributed by atoms with Gasteiger partial charge in [0, 0.05) is 44.9 Å². The maximum atomic E-state index is 4.76. The van der Waals surface area contributed by atoms with Crippen molar-refractivity contribution in [1.82, 2.24) is 25.4 Å². The van der Waals surface area contributed by atoms with Crippen molar-refractivity contribution in [3.8, 4) is 0 Å². The monoisotopic (exact) mass is 496 g/mol. The van der Waals surface area contributed by atoms with Gasteiger partial charge in [0.15, 0.2) is 5.96 Å². The Morgan fingerprint density at radius 3 is 2.75 bits per heavy atom. The van der Waals surface area contributed by atoms with Crippen LogP contribution in [-0.2, 0) is 19.4 Å². The van der Waals surface area contributed by atoms with Crippen LogP contribution in [0.1, 0.15) is 56.2 Å².